The Balaban J connectivity index is 1.51. The van der Waals surface area contributed by atoms with Gasteiger partial charge in [-0.3, -0.25) is 4.99 Å². The van der Waals surface area contributed by atoms with Gasteiger partial charge in [0.1, 0.15) is 12.2 Å². The largest absolute Gasteiger partial charge is 0.481 e. The summed E-state index contributed by atoms with van der Waals surface area (Å²) in [6.45, 7) is 1.59. The van der Waals surface area contributed by atoms with Gasteiger partial charge in [0.2, 0.25) is 11.8 Å². The molecule has 174 valence electrons. The molecular formula is C23H22FN7O2S. The lowest BCUT2D eigenvalue weighted by Crippen LogP contribution is -2.36. The molecule has 3 N–H and O–H groups in total. The molecule has 1 unspecified atom stereocenters. The van der Waals surface area contributed by atoms with Crippen molar-refractivity contribution < 1.29 is 13.9 Å². The Morgan fingerprint density at radius 1 is 1.35 bits per heavy atom. The Morgan fingerprint density at radius 3 is 2.97 bits per heavy atom. The lowest BCUT2D eigenvalue weighted by molar-refractivity contribution is 0.340. The monoisotopic (exact) mass is 479 g/mol. The first-order valence-electron chi connectivity index (χ1n) is 10.5. The van der Waals surface area contributed by atoms with E-state index in [1.165, 1.54) is 18.0 Å². The minimum absolute atomic E-state index is 0.0174. The van der Waals surface area contributed by atoms with E-state index in [1.807, 2.05) is 13.0 Å². The van der Waals surface area contributed by atoms with Crippen LogP contribution in [0.1, 0.15) is 18.9 Å². The third-order valence-corrected chi connectivity index (χ3v) is 7.44. The number of thioether (sulfide) groups is 1. The number of nitrogens with two attached hydrogens (primary N) is 1. The van der Waals surface area contributed by atoms with Gasteiger partial charge in [-0.1, -0.05) is 17.7 Å². The summed E-state index contributed by atoms with van der Waals surface area (Å²) in [5.74, 6) is 3.61. The molecule has 1 saturated carbocycles. The lowest BCUT2D eigenvalue weighted by atomic mass is 9.86. The average Bonchev–Trinajstić information content (AvgIpc) is 3.58. The van der Waals surface area contributed by atoms with Crippen LogP contribution in [0, 0.1) is 18.3 Å². The maximum atomic E-state index is 13.9. The fraction of sp³-hybridized carbons (Fsp3) is 0.348. The second-order valence-electron chi connectivity index (χ2n) is 8.29. The SMILES string of the molecule is C#CCOc1cnc2c(Nc3cnc(OC)c([C@@]4(C)N=C(N)S[C@@]5(CF)CC54)c3)nccc2n1. The van der Waals surface area contributed by atoms with Crippen LogP contribution in [0.3, 0.4) is 0 Å². The summed E-state index contributed by atoms with van der Waals surface area (Å²) in [6.07, 6.45) is 10.7. The molecule has 0 radical (unpaired) electrons. The van der Waals surface area contributed by atoms with Gasteiger partial charge in [0.05, 0.1) is 41.0 Å². The highest BCUT2D eigenvalue weighted by molar-refractivity contribution is 8.15. The van der Waals surface area contributed by atoms with E-state index in [-0.39, 0.29) is 12.5 Å². The molecule has 4 heterocycles. The van der Waals surface area contributed by atoms with Gasteiger partial charge in [-0.2, -0.15) is 0 Å². The second kappa shape index (κ2) is 8.29. The molecule has 0 amide bonds. The van der Waals surface area contributed by atoms with Crippen molar-refractivity contribution in [2.24, 2.45) is 16.6 Å². The van der Waals surface area contributed by atoms with E-state index in [0.29, 0.717) is 45.9 Å². The van der Waals surface area contributed by atoms with E-state index >= 15 is 0 Å². The molecule has 5 rings (SSSR count). The van der Waals surface area contributed by atoms with Crippen LogP contribution in [0.25, 0.3) is 11.0 Å². The molecule has 1 fully saturated rings. The third-order valence-electron chi connectivity index (χ3n) is 6.17. The quantitative estimate of drug-likeness (QED) is 0.492. The molecule has 1 aliphatic heterocycles. The molecule has 9 nitrogen and oxygen atoms in total. The normalized spacial score (nSPS) is 25.1. The number of amidine groups is 1. The molecule has 34 heavy (non-hydrogen) atoms. The Kier molecular flexibility index (Phi) is 5.40. The van der Waals surface area contributed by atoms with E-state index in [2.05, 4.69) is 31.2 Å². The number of aliphatic imine (C=N–C) groups is 1. The van der Waals surface area contributed by atoms with Crippen LogP contribution in [0.4, 0.5) is 15.9 Å². The summed E-state index contributed by atoms with van der Waals surface area (Å²) < 4.78 is 24.3. The van der Waals surface area contributed by atoms with Gasteiger partial charge in [-0.05, 0) is 25.5 Å². The number of anilines is 2. The Labute approximate surface area is 199 Å². The van der Waals surface area contributed by atoms with Crippen molar-refractivity contribution in [1.29, 1.82) is 0 Å². The summed E-state index contributed by atoms with van der Waals surface area (Å²) in [4.78, 5) is 22.4. The number of nitrogens with one attached hydrogen (secondary N) is 1. The molecule has 3 aromatic rings. The van der Waals surface area contributed by atoms with E-state index in [1.54, 1.807) is 25.6 Å². The van der Waals surface area contributed by atoms with Crippen LogP contribution in [0.15, 0.2) is 35.7 Å². The molecule has 2 aliphatic rings. The smallest absolute Gasteiger partial charge is 0.233 e. The fourth-order valence-electron chi connectivity index (χ4n) is 4.46. The van der Waals surface area contributed by atoms with Gasteiger partial charge in [-0.25, -0.2) is 24.3 Å². The Morgan fingerprint density at radius 2 is 2.21 bits per heavy atom. The van der Waals surface area contributed by atoms with Gasteiger partial charge in [0, 0.05) is 17.7 Å². The van der Waals surface area contributed by atoms with Crippen LogP contribution in [0.5, 0.6) is 11.8 Å². The second-order valence-corrected chi connectivity index (χ2v) is 9.72. The number of aromatic nitrogens is 4. The van der Waals surface area contributed by atoms with Crippen molar-refractivity contribution >= 4 is 39.5 Å². The number of nitrogens with zero attached hydrogens (tertiary/aromatic N) is 5. The molecule has 0 aromatic carbocycles. The highest BCUT2D eigenvalue weighted by Crippen LogP contribution is 2.66. The number of terminal acetylenes is 1. The molecule has 3 atom stereocenters. The number of pyridine rings is 2. The Hall–Kier alpha value is -3.65. The fourth-order valence-corrected chi connectivity index (χ4v) is 5.79. The summed E-state index contributed by atoms with van der Waals surface area (Å²) in [5, 5.41) is 3.62. The van der Waals surface area contributed by atoms with Crippen molar-refractivity contribution in [3.05, 3.63) is 36.3 Å². The van der Waals surface area contributed by atoms with E-state index < -0.39 is 17.0 Å². The Bertz CT molecular complexity index is 1350. The third kappa shape index (κ3) is 3.64. The van der Waals surface area contributed by atoms with Crippen LogP contribution >= 0.6 is 11.8 Å². The van der Waals surface area contributed by atoms with Gasteiger partial charge < -0.3 is 20.5 Å². The molecule has 0 bridgehead atoms. The number of hydrogen-bond acceptors (Lipinski definition) is 10. The van der Waals surface area contributed by atoms with Gasteiger partial charge >= 0.3 is 0 Å². The van der Waals surface area contributed by atoms with E-state index in [9.17, 15) is 4.39 Å². The zero-order valence-corrected chi connectivity index (χ0v) is 19.4. The summed E-state index contributed by atoms with van der Waals surface area (Å²) in [5.41, 5.74) is 7.84. The summed E-state index contributed by atoms with van der Waals surface area (Å²) in [7, 11) is 1.55. The zero-order valence-electron chi connectivity index (χ0n) is 18.6. The number of halogens is 1. The number of ether oxygens (including phenoxy) is 2. The van der Waals surface area contributed by atoms with Gasteiger partial charge in [0.25, 0.3) is 0 Å². The van der Waals surface area contributed by atoms with E-state index in [0.717, 1.165) is 5.56 Å². The first kappa shape index (κ1) is 22.2. The molecular weight excluding hydrogens is 457 g/mol. The molecule has 0 spiro atoms. The number of fused-ring (bicyclic) bond motifs is 2. The van der Waals surface area contributed by atoms with Crippen LogP contribution in [-0.2, 0) is 5.54 Å². The highest BCUT2D eigenvalue weighted by Gasteiger charge is 2.67. The van der Waals surface area contributed by atoms with Crippen LogP contribution in [0.2, 0.25) is 0 Å². The topological polar surface area (TPSA) is 120 Å². The number of alkyl halides is 1. The van der Waals surface area contributed by atoms with Crippen LogP contribution < -0.4 is 20.5 Å². The van der Waals surface area contributed by atoms with Crippen molar-refractivity contribution in [1.82, 2.24) is 19.9 Å². The summed E-state index contributed by atoms with van der Waals surface area (Å²) in [6, 6.07) is 3.62. The van der Waals surface area contributed by atoms with Gasteiger partial charge in [0.15, 0.2) is 17.6 Å². The average molecular weight is 480 g/mol. The number of hydrogen-bond donors (Lipinski definition) is 2. The first-order chi connectivity index (χ1) is 16.4. The number of methoxy groups -OCH3 is 1. The minimum atomic E-state index is -0.771. The lowest BCUT2D eigenvalue weighted by Gasteiger charge is -2.33. The van der Waals surface area contributed by atoms with Crippen LogP contribution in [-0.4, -0.2) is 50.2 Å². The van der Waals surface area contributed by atoms with Crippen molar-refractivity contribution in [2.45, 2.75) is 23.6 Å². The molecule has 3 aromatic heterocycles. The first-order valence-corrected chi connectivity index (χ1v) is 11.3. The highest BCUT2D eigenvalue weighted by atomic mass is 32.2. The summed E-state index contributed by atoms with van der Waals surface area (Å²) >= 11 is 1.32. The maximum Gasteiger partial charge on any atom is 0.233 e. The van der Waals surface area contributed by atoms with Crippen molar-refractivity contribution in [3.8, 4) is 24.1 Å². The minimum Gasteiger partial charge on any atom is -0.481 e. The maximum absolute atomic E-state index is 13.9. The van der Waals surface area contributed by atoms with Gasteiger partial charge in [-0.15, -0.1) is 6.42 Å². The standard InChI is InChI=1S/C23H22FN7O2S/c1-4-7-33-17-11-27-18-15(30-17)5-6-26-19(18)29-13-8-14(20(32-3)28-10-13)22(2)16-9-23(16,12-24)34-21(25)31-22/h1,5-6,8,10-11,16H,7,9,12H2,2-3H3,(H2,25,31)(H,26,29)/t16?,22-,23-/m1/s1. The molecule has 11 heteroatoms. The zero-order chi connectivity index (χ0) is 23.9. The molecule has 0 saturated heterocycles. The molecule has 1 aliphatic carbocycles. The van der Waals surface area contributed by atoms with Crippen molar-refractivity contribution in [2.75, 3.05) is 25.7 Å². The predicted molar refractivity (Wildman–Crippen MR) is 129 cm³/mol. The van der Waals surface area contributed by atoms with Crippen molar-refractivity contribution in [3.63, 3.8) is 0 Å². The number of rotatable bonds is 7. The van der Waals surface area contributed by atoms with E-state index in [4.69, 9.17) is 26.6 Å². The predicted octanol–water partition coefficient (Wildman–Crippen LogP) is 3.19.